The minimum absolute atomic E-state index is 0.00246. The van der Waals surface area contributed by atoms with Gasteiger partial charge in [-0.25, -0.2) is 4.79 Å². The van der Waals surface area contributed by atoms with Crippen LogP contribution in [0.1, 0.15) is 28.5 Å². The van der Waals surface area contributed by atoms with E-state index >= 15 is 0 Å². The summed E-state index contributed by atoms with van der Waals surface area (Å²) < 4.78 is 69.5. The van der Waals surface area contributed by atoms with Gasteiger partial charge in [0.15, 0.2) is 0 Å². The molecular weight excluding hydrogens is 587 g/mol. The number of ether oxygens (including phenoxy) is 1. The minimum atomic E-state index is -5.55. The van der Waals surface area contributed by atoms with Gasteiger partial charge in [-0.3, -0.25) is 4.31 Å². The van der Waals surface area contributed by atoms with E-state index in [0.29, 0.717) is 35.2 Å². The molecule has 4 rings (SSSR count). The number of alkyl halides is 3. The van der Waals surface area contributed by atoms with Gasteiger partial charge in [0, 0.05) is 37.1 Å². The van der Waals surface area contributed by atoms with Gasteiger partial charge >= 0.3 is 21.5 Å². The number of hydrogen-bond acceptors (Lipinski definition) is 6. The van der Waals surface area contributed by atoms with Crippen LogP contribution in [-0.4, -0.2) is 67.0 Å². The van der Waals surface area contributed by atoms with Gasteiger partial charge in [-0.2, -0.15) is 21.6 Å². The standard InChI is InChI=1S/C30H32F3N3O6S/c1-20(34-17-25(37)19-42-26-6-4-3-5-7-26)14-22-10-13-27-23(15-22)16-28(29(38)39)36(27)18-21-8-11-24(12-9-21)35(2)43(40,41)30(31,32)33/h3-13,15-16,20,25,34,37H,14,17-19H2,1-2H3,(H,38,39). The van der Waals surface area contributed by atoms with Crippen molar-refractivity contribution < 1.29 is 41.3 Å². The molecule has 0 amide bonds. The van der Waals surface area contributed by atoms with Crippen molar-refractivity contribution in [3.63, 3.8) is 0 Å². The first-order valence-corrected chi connectivity index (χ1v) is 14.8. The van der Waals surface area contributed by atoms with Crippen molar-refractivity contribution in [2.24, 2.45) is 0 Å². The number of aromatic carboxylic acids is 1. The number of anilines is 1. The number of rotatable bonds is 13. The summed E-state index contributed by atoms with van der Waals surface area (Å²) in [7, 11) is -4.73. The van der Waals surface area contributed by atoms with Crippen molar-refractivity contribution in [3.05, 3.63) is 95.7 Å². The number of carboxylic acid groups (broad SMARTS) is 1. The fourth-order valence-electron chi connectivity index (χ4n) is 4.61. The first kappa shape index (κ1) is 31.9. The van der Waals surface area contributed by atoms with Gasteiger partial charge in [0.1, 0.15) is 24.2 Å². The number of aliphatic hydroxyl groups is 1. The number of aromatic nitrogens is 1. The summed E-state index contributed by atoms with van der Waals surface area (Å²) in [6.07, 6.45) is -0.0909. The molecule has 2 unspecified atom stereocenters. The van der Waals surface area contributed by atoms with Crippen LogP contribution in [0.5, 0.6) is 5.75 Å². The Morgan fingerprint density at radius 1 is 1.02 bits per heavy atom. The molecule has 1 heterocycles. The highest BCUT2D eigenvalue weighted by Gasteiger charge is 2.49. The van der Waals surface area contributed by atoms with Crippen LogP contribution >= 0.6 is 0 Å². The molecule has 0 spiro atoms. The Balaban J connectivity index is 1.42. The average molecular weight is 620 g/mol. The lowest BCUT2D eigenvalue weighted by molar-refractivity contribution is -0.0437. The molecule has 230 valence electrons. The summed E-state index contributed by atoms with van der Waals surface area (Å²) in [5, 5.41) is 24.1. The van der Waals surface area contributed by atoms with E-state index in [1.54, 1.807) is 10.6 Å². The Kier molecular flexibility index (Phi) is 9.68. The zero-order valence-electron chi connectivity index (χ0n) is 23.5. The number of nitrogens with zero attached hydrogens (tertiary/aromatic N) is 2. The second kappa shape index (κ2) is 13.1. The molecule has 0 aliphatic rings. The number of para-hydroxylation sites is 1. The van der Waals surface area contributed by atoms with E-state index < -0.39 is 27.6 Å². The number of aliphatic hydroxyl groups excluding tert-OH is 1. The van der Waals surface area contributed by atoms with Crippen LogP contribution in [0.2, 0.25) is 0 Å². The van der Waals surface area contributed by atoms with Gasteiger partial charge in [0.25, 0.3) is 0 Å². The third-order valence-electron chi connectivity index (χ3n) is 6.91. The molecule has 43 heavy (non-hydrogen) atoms. The quantitative estimate of drug-likeness (QED) is 0.200. The van der Waals surface area contributed by atoms with E-state index in [2.05, 4.69) is 5.32 Å². The second-order valence-electron chi connectivity index (χ2n) is 10.2. The topological polar surface area (TPSA) is 121 Å². The van der Waals surface area contributed by atoms with E-state index in [0.717, 1.165) is 12.6 Å². The molecule has 0 aliphatic heterocycles. The lowest BCUT2D eigenvalue weighted by Crippen LogP contribution is -2.38. The number of carboxylic acids is 1. The Morgan fingerprint density at radius 2 is 1.67 bits per heavy atom. The van der Waals surface area contributed by atoms with Crippen molar-refractivity contribution in [2.45, 2.75) is 37.5 Å². The van der Waals surface area contributed by atoms with Gasteiger partial charge in [-0.15, -0.1) is 0 Å². The molecule has 0 fully saturated rings. The monoisotopic (exact) mass is 619 g/mol. The predicted molar refractivity (Wildman–Crippen MR) is 157 cm³/mol. The van der Waals surface area contributed by atoms with Crippen LogP contribution in [0, 0.1) is 0 Å². The van der Waals surface area contributed by atoms with Crippen LogP contribution in [0.4, 0.5) is 18.9 Å². The summed E-state index contributed by atoms with van der Waals surface area (Å²) in [4.78, 5) is 12.0. The van der Waals surface area contributed by atoms with Crippen molar-refractivity contribution in [1.82, 2.24) is 9.88 Å². The number of carbonyl (C=O) groups is 1. The van der Waals surface area contributed by atoms with Crippen molar-refractivity contribution in [2.75, 3.05) is 24.5 Å². The minimum Gasteiger partial charge on any atom is -0.491 e. The molecule has 4 aromatic rings. The Labute approximate surface area is 247 Å². The molecule has 0 saturated heterocycles. The fourth-order valence-corrected chi connectivity index (χ4v) is 5.32. The van der Waals surface area contributed by atoms with Crippen LogP contribution in [0.25, 0.3) is 10.9 Å². The molecule has 2 atom stereocenters. The summed E-state index contributed by atoms with van der Waals surface area (Å²) >= 11 is 0. The van der Waals surface area contributed by atoms with Crippen LogP contribution < -0.4 is 14.4 Å². The Morgan fingerprint density at radius 3 is 2.30 bits per heavy atom. The van der Waals surface area contributed by atoms with Crippen molar-refractivity contribution in [1.29, 1.82) is 0 Å². The second-order valence-corrected chi connectivity index (χ2v) is 12.2. The average Bonchev–Trinajstić information content (AvgIpc) is 3.32. The summed E-state index contributed by atoms with van der Waals surface area (Å²) in [6, 6.07) is 21.7. The molecule has 0 aliphatic carbocycles. The van der Waals surface area contributed by atoms with E-state index in [1.807, 2.05) is 55.5 Å². The smallest absolute Gasteiger partial charge is 0.491 e. The SMILES string of the molecule is CC(Cc1ccc2c(c1)cc(C(=O)O)n2Cc1ccc(N(C)S(=O)(=O)C(F)(F)F)cc1)NCC(O)COc1ccccc1. The normalized spacial score (nSPS) is 13.5. The molecule has 3 aromatic carbocycles. The number of sulfonamides is 1. The summed E-state index contributed by atoms with van der Waals surface area (Å²) in [5.41, 5.74) is -3.42. The molecule has 0 saturated carbocycles. The van der Waals surface area contributed by atoms with E-state index in [9.17, 15) is 36.6 Å². The largest absolute Gasteiger partial charge is 0.516 e. The van der Waals surface area contributed by atoms with E-state index in [4.69, 9.17) is 4.74 Å². The zero-order chi connectivity index (χ0) is 31.4. The molecular formula is C30H32F3N3O6S. The van der Waals surface area contributed by atoms with Gasteiger partial charge in [0.05, 0.1) is 5.69 Å². The maximum absolute atomic E-state index is 12.9. The molecule has 0 bridgehead atoms. The number of halogens is 3. The van der Waals surface area contributed by atoms with E-state index in [1.165, 1.54) is 24.3 Å². The van der Waals surface area contributed by atoms with Crippen molar-refractivity contribution >= 4 is 32.6 Å². The molecule has 13 heteroatoms. The van der Waals surface area contributed by atoms with Crippen LogP contribution in [0.15, 0.2) is 78.9 Å². The fraction of sp³-hybridized carbons (Fsp3) is 0.300. The number of fused-ring (bicyclic) bond motifs is 1. The summed E-state index contributed by atoms with van der Waals surface area (Å²) in [6.45, 7) is 2.55. The van der Waals surface area contributed by atoms with Gasteiger partial charge in [-0.1, -0.05) is 36.4 Å². The lowest BCUT2D eigenvalue weighted by atomic mass is 10.0. The third-order valence-corrected chi connectivity index (χ3v) is 8.42. The number of benzene rings is 3. The highest BCUT2D eigenvalue weighted by Crippen LogP contribution is 2.30. The molecule has 3 N–H and O–H groups in total. The lowest BCUT2D eigenvalue weighted by Gasteiger charge is -2.21. The maximum atomic E-state index is 12.9. The predicted octanol–water partition coefficient (Wildman–Crippen LogP) is 4.63. The van der Waals surface area contributed by atoms with Gasteiger partial charge in [0.2, 0.25) is 0 Å². The highest BCUT2D eigenvalue weighted by molar-refractivity contribution is 7.93. The first-order chi connectivity index (χ1) is 20.3. The van der Waals surface area contributed by atoms with Gasteiger partial charge < -0.3 is 24.8 Å². The van der Waals surface area contributed by atoms with E-state index in [-0.39, 0.29) is 34.9 Å². The maximum Gasteiger partial charge on any atom is 0.516 e. The Bertz CT molecular complexity index is 1660. The first-order valence-electron chi connectivity index (χ1n) is 13.3. The Hall–Kier alpha value is -4.07. The van der Waals surface area contributed by atoms with Gasteiger partial charge in [-0.05, 0) is 66.9 Å². The van der Waals surface area contributed by atoms with Crippen LogP contribution in [0.3, 0.4) is 0 Å². The molecule has 1 aromatic heterocycles. The third kappa shape index (κ3) is 7.66. The zero-order valence-corrected chi connectivity index (χ0v) is 24.3. The number of hydrogen-bond donors (Lipinski definition) is 3. The molecule has 0 radical (unpaired) electrons. The number of nitrogens with one attached hydrogen (secondary N) is 1. The van der Waals surface area contributed by atoms with Crippen molar-refractivity contribution in [3.8, 4) is 5.75 Å². The highest BCUT2D eigenvalue weighted by atomic mass is 32.2. The molecule has 9 nitrogen and oxygen atoms in total. The summed E-state index contributed by atoms with van der Waals surface area (Å²) in [5.74, 6) is -0.469. The van der Waals surface area contributed by atoms with Crippen LogP contribution in [-0.2, 0) is 23.0 Å².